The van der Waals surface area contributed by atoms with Crippen molar-refractivity contribution in [1.82, 2.24) is 35.0 Å². The molecule has 3 N–H and O–H groups in total. The molecule has 3 aromatic rings. The average molecular weight is 458 g/mol. The molecule has 0 radical (unpaired) electrons. The molecular weight excluding hydrogens is 433 g/mol. The van der Waals surface area contributed by atoms with Crippen LogP contribution < -0.4 is 10.6 Å². The summed E-state index contributed by atoms with van der Waals surface area (Å²) in [6.45, 7) is 2.44. The molecule has 6 rings (SSSR count). The van der Waals surface area contributed by atoms with Gasteiger partial charge in [-0.2, -0.15) is 13.2 Å². The first-order valence-electron chi connectivity index (χ1n) is 11.5. The molecule has 2 aliphatic heterocycles. The van der Waals surface area contributed by atoms with Gasteiger partial charge in [0.05, 0.1) is 11.4 Å². The highest BCUT2D eigenvalue weighted by atomic mass is 19.4. The molecule has 33 heavy (non-hydrogen) atoms. The first-order valence-corrected chi connectivity index (χ1v) is 11.5. The summed E-state index contributed by atoms with van der Waals surface area (Å²) in [5.74, 6) is 2.35. The number of nitrogens with zero attached hydrogens (tertiary/aromatic N) is 5. The quantitative estimate of drug-likeness (QED) is 0.551. The first-order chi connectivity index (χ1) is 16.0. The molecular formula is C22H25F3N8. The molecule has 1 unspecified atom stereocenters. The molecule has 1 saturated carbocycles. The summed E-state index contributed by atoms with van der Waals surface area (Å²) >= 11 is 0. The van der Waals surface area contributed by atoms with Crippen LogP contribution in [-0.4, -0.2) is 48.8 Å². The van der Waals surface area contributed by atoms with Crippen LogP contribution in [-0.2, 0) is 19.1 Å². The number of aromatic amines is 1. The number of nitrogens with one attached hydrogen (secondary N) is 3. The van der Waals surface area contributed by atoms with Crippen LogP contribution in [0.1, 0.15) is 55.0 Å². The summed E-state index contributed by atoms with van der Waals surface area (Å²) in [6, 6.07) is 0.0890. The Morgan fingerprint density at radius 3 is 2.76 bits per heavy atom. The molecule has 1 aliphatic carbocycles. The van der Waals surface area contributed by atoms with E-state index in [1.807, 2.05) is 0 Å². The van der Waals surface area contributed by atoms with Crippen LogP contribution in [0.5, 0.6) is 0 Å². The van der Waals surface area contributed by atoms with Crippen LogP contribution in [0.15, 0.2) is 12.4 Å². The first kappa shape index (κ1) is 20.6. The third-order valence-electron chi connectivity index (χ3n) is 6.72. The zero-order valence-electron chi connectivity index (χ0n) is 18.0. The van der Waals surface area contributed by atoms with Crippen LogP contribution in [0.4, 0.5) is 19.1 Å². The lowest BCUT2D eigenvalue weighted by Gasteiger charge is -2.24. The smallest absolute Gasteiger partial charge is 0.358 e. The zero-order valence-corrected chi connectivity index (χ0v) is 18.0. The fourth-order valence-electron chi connectivity index (χ4n) is 4.92. The Labute approximate surface area is 188 Å². The second-order valence-corrected chi connectivity index (χ2v) is 9.11. The number of halogens is 3. The number of anilines is 1. The number of aromatic nitrogens is 6. The fourth-order valence-corrected chi connectivity index (χ4v) is 4.92. The molecule has 3 aliphatic rings. The molecule has 1 saturated heterocycles. The largest absolute Gasteiger partial charge is 0.419 e. The van der Waals surface area contributed by atoms with Crippen molar-refractivity contribution >= 4 is 5.95 Å². The monoisotopic (exact) mass is 458 g/mol. The molecule has 174 valence electrons. The Morgan fingerprint density at radius 1 is 1.12 bits per heavy atom. The van der Waals surface area contributed by atoms with Gasteiger partial charge in [0.25, 0.3) is 0 Å². The molecule has 3 aromatic heterocycles. The van der Waals surface area contributed by atoms with Crippen LogP contribution >= 0.6 is 0 Å². The Hall–Kier alpha value is -2.95. The highest BCUT2D eigenvalue weighted by molar-refractivity contribution is 5.76. The number of H-pyrrole nitrogens is 1. The molecule has 0 aromatic carbocycles. The summed E-state index contributed by atoms with van der Waals surface area (Å²) in [4.78, 5) is 11.6. The minimum atomic E-state index is -4.56. The minimum Gasteiger partial charge on any atom is -0.358 e. The highest BCUT2D eigenvalue weighted by Crippen LogP contribution is 2.43. The van der Waals surface area contributed by atoms with E-state index in [0.29, 0.717) is 23.7 Å². The predicted octanol–water partition coefficient (Wildman–Crippen LogP) is 3.74. The van der Waals surface area contributed by atoms with Crippen molar-refractivity contribution in [3.8, 4) is 22.8 Å². The Bertz CT molecular complexity index is 1170. The number of hydrogen-bond donors (Lipinski definition) is 3. The van der Waals surface area contributed by atoms with Crippen molar-refractivity contribution in [1.29, 1.82) is 0 Å². The molecule has 0 amide bonds. The number of fused-ring (bicyclic) bond motifs is 3. The standard InChI is InChI=1S/C22H25F3N8/c23-22(24,25)16-11-28-21(29-13-3-1-7-26-9-13)30-17(16)15-10-27-18-14(15)4-2-8-33-19(12-5-6-12)31-32-20(18)33/h10-13,26-27H,1-9H2,(H,28,29,30). The van der Waals surface area contributed by atoms with E-state index < -0.39 is 11.7 Å². The van der Waals surface area contributed by atoms with Gasteiger partial charge in [0, 0.05) is 43.0 Å². The summed E-state index contributed by atoms with van der Waals surface area (Å²) in [7, 11) is 0. The maximum absolute atomic E-state index is 13.9. The van der Waals surface area contributed by atoms with E-state index in [1.165, 1.54) is 0 Å². The normalized spacial score (nSPS) is 20.8. The van der Waals surface area contributed by atoms with Crippen molar-refractivity contribution < 1.29 is 13.2 Å². The maximum atomic E-state index is 13.9. The van der Waals surface area contributed by atoms with Gasteiger partial charge >= 0.3 is 6.18 Å². The summed E-state index contributed by atoms with van der Waals surface area (Å²) in [6.07, 6.45) is 3.54. The van der Waals surface area contributed by atoms with Crippen LogP contribution in [0.25, 0.3) is 22.8 Å². The summed E-state index contributed by atoms with van der Waals surface area (Å²) < 4.78 is 43.9. The van der Waals surface area contributed by atoms with Gasteiger partial charge < -0.3 is 20.2 Å². The zero-order chi connectivity index (χ0) is 22.6. The molecule has 1 atom stereocenters. The fraction of sp³-hybridized carbons (Fsp3) is 0.545. The van der Waals surface area contributed by atoms with Gasteiger partial charge in [-0.05, 0) is 50.6 Å². The lowest BCUT2D eigenvalue weighted by atomic mass is 10.0. The second-order valence-electron chi connectivity index (χ2n) is 9.11. The third-order valence-corrected chi connectivity index (χ3v) is 6.72. The Balaban J connectivity index is 1.42. The van der Waals surface area contributed by atoms with Crippen LogP contribution in [0.2, 0.25) is 0 Å². The summed E-state index contributed by atoms with van der Waals surface area (Å²) in [5, 5.41) is 15.3. The molecule has 11 heteroatoms. The van der Waals surface area contributed by atoms with E-state index in [2.05, 4.69) is 40.3 Å². The van der Waals surface area contributed by atoms with Crippen molar-refractivity contribution in [3.63, 3.8) is 0 Å². The van der Waals surface area contributed by atoms with Crippen molar-refractivity contribution in [2.45, 2.75) is 63.2 Å². The van der Waals surface area contributed by atoms with Crippen LogP contribution in [0, 0.1) is 0 Å². The number of alkyl halides is 3. The molecule has 0 spiro atoms. The number of rotatable bonds is 4. The SMILES string of the molecule is FC(F)(F)c1cnc(NC2CCCNC2)nc1-c1c[nH]c2c1CCCn1c-2nnc1C1CC1. The van der Waals surface area contributed by atoms with E-state index >= 15 is 0 Å². The van der Waals surface area contributed by atoms with Crippen molar-refractivity contribution in [2.75, 3.05) is 18.4 Å². The molecule has 5 heterocycles. The number of piperidine rings is 1. The lowest BCUT2D eigenvalue weighted by molar-refractivity contribution is -0.137. The highest BCUT2D eigenvalue weighted by Gasteiger charge is 2.38. The predicted molar refractivity (Wildman–Crippen MR) is 116 cm³/mol. The van der Waals surface area contributed by atoms with Gasteiger partial charge in [-0.15, -0.1) is 10.2 Å². The van der Waals surface area contributed by atoms with Crippen molar-refractivity contribution in [3.05, 3.63) is 29.3 Å². The van der Waals surface area contributed by atoms with Gasteiger partial charge in [-0.25, -0.2) is 9.97 Å². The topological polar surface area (TPSA) is 96.3 Å². The second kappa shape index (κ2) is 7.82. The van der Waals surface area contributed by atoms with E-state index in [-0.39, 0.29) is 17.7 Å². The average Bonchev–Trinajstić information content (AvgIpc) is 3.47. The van der Waals surface area contributed by atoms with Gasteiger partial charge in [-0.1, -0.05) is 0 Å². The summed E-state index contributed by atoms with van der Waals surface area (Å²) in [5.41, 5.74) is 1.06. The molecule has 0 bridgehead atoms. The van der Waals surface area contributed by atoms with Gasteiger partial charge in [-0.3, -0.25) is 0 Å². The molecule has 8 nitrogen and oxygen atoms in total. The Morgan fingerprint density at radius 2 is 2.00 bits per heavy atom. The van der Waals surface area contributed by atoms with E-state index in [0.717, 1.165) is 75.0 Å². The van der Waals surface area contributed by atoms with Gasteiger partial charge in [0.15, 0.2) is 5.82 Å². The van der Waals surface area contributed by atoms with Crippen molar-refractivity contribution in [2.24, 2.45) is 0 Å². The number of hydrogen-bond acceptors (Lipinski definition) is 6. The van der Waals surface area contributed by atoms with Crippen LogP contribution in [0.3, 0.4) is 0 Å². The van der Waals surface area contributed by atoms with Gasteiger partial charge in [0.2, 0.25) is 5.95 Å². The van der Waals surface area contributed by atoms with E-state index in [1.54, 1.807) is 6.20 Å². The van der Waals surface area contributed by atoms with E-state index in [9.17, 15) is 13.2 Å². The lowest BCUT2D eigenvalue weighted by Crippen LogP contribution is -2.38. The minimum absolute atomic E-state index is 0.0890. The van der Waals surface area contributed by atoms with E-state index in [4.69, 9.17) is 0 Å². The van der Waals surface area contributed by atoms with Gasteiger partial charge in [0.1, 0.15) is 11.4 Å². The third kappa shape index (κ3) is 3.77. The molecule has 2 fully saturated rings. The Kier molecular flexibility index (Phi) is 4.89. The maximum Gasteiger partial charge on any atom is 0.419 e.